The van der Waals surface area contributed by atoms with Gasteiger partial charge in [0.2, 0.25) is 0 Å². The number of ether oxygens (including phenoxy) is 1. The van der Waals surface area contributed by atoms with E-state index < -0.39 is 23.8 Å². The zero-order valence-electron chi connectivity index (χ0n) is 9.40. The smallest absolute Gasteiger partial charge is 0.416 e. The molecular formula is C10H12ClF3N2O2. The molecule has 0 fully saturated rings. The van der Waals surface area contributed by atoms with E-state index in [-0.39, 0.29) is 24.7 Å². The van der Waals surface area contributed by atoms with Crippen LogP contribution in [0.15, 0.2) is 18.3 Å². The molecule has 1 unspecified atom stereocenters. The zero-order chi connectivity index (χ0) is 13.1. The Morgan fingerprint density at radius 2 is 2.17 bits per heavy atom. The molecular weight excluding hydrogens is 273 g/mol. The van der Waals surface area contributed by atoms with Crippen molar-refractivity contribution in [1.29, 1.82) is 0 Å². The minimum atomic E-state index is -4.49. The Kier molecular flexibility index (Phi) is 6.07. The van der Waals surface area contributed by atoms with Gasteiger partial charge in [0.15, 0.2) is 0 Å². The summed E-state index contributed by atoms with van der Waals surface area (Å²) in [4.78, 5) is 14.9. The van der Waals surface area contributed by atoms with E-state index in [1.165, 1.54) is 0 Å². The third-order valence-corrected chi connectivity index (χ3v) is 1.97. The Balaban J connectivity index is 0.00000289. The molecule has 18 heavy (non-hydrogen) atoms. The Morgan fingerprint density at radius 3 is 2.67 bits per heavy atom. The van der Waals surface area contributed by atoms with Gasteiger partial charge in [-0.3, -0.25) is 4.98 Å². The van der Waals surface area contributed by atoms with Crippen LogP contribution in [0.1, 0.15) is 24.2 Å². The molecule has 0 spiro atoms. The number of rotatable bonds is 3. The molecule has 0 saturated heterocycles. The number of carbonyl (C=O) groups is 1. The first kappa shape index (κ1) is 16.7. The van der Waals surface area contributed by atoms with Crippen LogP contribution in [-0.2, 0) is 15.7 Å². The summed E-state index contributed by atoms with van der Waals surface area (Å²) >= 11 is 0. The van der Waals surface area contributed by atoms with Crippen LogP contribution in [0.25, 0.3) is 0 Å². The molecule has 0 bridgehead atoms. The average molecular weight is 285 g/mol. The molecule has 0 amide bonds. The number of carbonyl (C=O) groups excluding carboxylic acids is 1. The third-order valence-electron chi connectivity index (χ3n) is 1.97. The Labute approximate surface area is 108 Å². The van der Waals surface area contributed by atoms with Gasteiger partial charge >= 0.3 is 12.1 Å². The first-order chi connectivity index (χ1) is 7.86. The summed E-state index contributed by atoms with van der Waals surface area (Å²) in [5.74, 6) is -0.806. The molecule has 0 aliphatic heterocycles. The molecule has 0 aliphatic carbocycles. The number of nitrogens with two attached hydrogens (primary N) is 1. The van der Waals surface area contributed by atoms with E-state index in [9.17, 15) is 18.0 Å². The van der Waals surface area contributed by atoms with E-state index in [4.69, 9.17) is 5.73 Å². The van der Waals surface area contributed by atoms with Crippen LogP contribution >= 0.6 is 12.4 Å². The van der Waals surface area contributed by atoms with Crippen LogP contribution in [0.4, 0.5) is 13.2 Å². The largest absolute Gasteiger partial charge is 0.465 e. The van der Waals surface area contributed by atoms with Gasteiger partial charge in [-0.05, 0) is 19.1 Å². The number of hydrogen-bond donors (Lipinski definition) is 1. The summed E-state index contributed by atoms with van der Waals surface area (Å²) in [6.45, 7) is 1.68. The number of alkyl halides is 3. The molecule has 0 radical (unpaired) electrons. The standard InChI is InChI=1S/C10H11F3N2O2.ClH/c1-2-17-9(16)8(14)7-5-6(3-4-15-7)10(11,12)13;/h3-5,8H,2,14H2,1H3;1H. The molecule has 1 rings (SSSR count). The predicted molar refractivity (Wildman–Crippen MR) is 60.0 cm³/mol. The number of hydrogen-bond acceptors (Lipinski definition) is 4. The van der Waals surface area contributed by atoms with Gasteiger partial charge in [-0.25, -0.2) is 4.79 Å². The SMILES string of the molecule is CCOC(=O)C(N)c1cc(C(F)(F)F)ccn1.Cl. The summed E-state index contributed by atoms with van der Waals surface area (Å²) in [5.41, 5.74) is 4.36. The monoisotopic (exact) mass is 284 g/mol. The summed E-state index contributed by atoms with van der Waals surface area (Å²) in [7, 11) is 0. The molecule has 102 valence electrons. The highest BCUT2D eigenvalue weighted by Gasteiger charge is 2.31. The average Bonchev–Trinajstić information content (AvgIpc) is 2.27. The molecule has 4 nitrogen and oxygen atoms in total. The van der Waals surface area contributed by atoms with Gasteiger partial charge in [-0.1, -0.05) is 0 Å². The van der Waals surface area contributed by atoms with Crippen LogP contribution in [-0.4, -0.2) is 17.6 Å². The Morgan fingerprint density at radius 1 is 1.56 bits per heavy atom. The summed E-state index contributed by atoms with van der Waals surface area (Å²) in [6, 6.07) is 0.237. The predicted octanol–water partition coefficient (Wildman–Crippen LogP) is 2.09. The fourth-order valence-electron chi connectivity index (χ4n) is 1.15. The first-order valence-electron chi connectivity index (χ1n) is 4.81. The second-order valence-corrected chi connectivity index (χ2v) is 3.20. The maximum absolute atomic E-state index is 12.4. The van der Waals surface area contributed by atoms with Crippen LogP contribution in [0, 0.1) is 0 Å². The van der Waals surface area contributed by atoms with E-state index in [0.29, 0.717) is 0 Å². The molecule has 8 heteroatoms. The summed E-state index contributed by atoms with van der Waals surface area (Å²) in [6.07, 6.45) is -3.54. The fraction of sp³-hybridized carbons (Fsp3) is 0.400. The number of nitrogens with zero attached hydrogens (tertiary/aromatic N) is 1. The summed E-state index contributed by atoms with van der Waals surface area (Å²) < 4.78 is 41.8. The lowest BCUT2D eigenvalue weighted by Gasteiger charge is -2.12. The topological polar surface area (TPSA) is 65.2 Å². The maximum Gasteiger partial charge on any atom is 0.416 e. The number of halogens is 4. The van der Waals surface area contributed by atoms with E-state index in [2.05, 4.69) is 9.72 Å². The van der Waals surface area contributed by atoms with Gasteiger partial charge in [-0.15, -0.1) is 12.4 Å². The van der Waals surface area contributed by atoms with E-state index in [1.807, 2.05) is 0 Å². The van der Waals surface area contributed by atoms with E-state index in [0.717, 1.165) is 18.3 Å². The van der Waals surface area contributed by atoms with Gasteiger partial charge in [-0.2, -0.15) is 13.2 Å². The molecule has 1 atom stereocenters. The van der Waals surface area contributed by atoms with Crippen molar-refractivity contribution in [3.63, 3.8) is 0 Å². The Bertz CT molecular complexity index is 412. The van der Waals surface area contributed by atoms with Crippen molar-refractivity contribution in [3.05, 3.63) is 29.6 Å². The summed E-state index contributed by atoms with van der Waals surface area (Å²) in [5, 5.41) is 0. The van der Waals surface area contributed by atoms with Crippen molar-refractivity contribution in [1.82, 2.24) is 4.98 Å². The fourth-order valence-corrected chi connectivity index (χ4v) is 1.15. The molecule has 1 heterocycles. The Hall–Kier alpha value is -1.34. The van der Waals surface area contributed by atoms with Crippen LogP contribution in [0.2, 0.25) is 0 Å². The minimum Gasteiger partial charge on any atom is -0.465 e. The van der Waals surface area contributed by atoms with Crippen molar-refractivity contribution in [2.24, 2.45) is 5.73 Å². The lowest BCUT2D eigenvalue weighted by atomic mass is 10.1. The van der Waals surface area contributed by atoms with Gasteiger partial charge in [0.05, 0.1) is 17.9 Å². The minimum absolute atomic E-state index is 0. The second-order valence-electron chi connectivity index (χ2n) is 3.20. The maximum atomic E-state index is 12.4. The first-order valence-corrected chi connectivity index (χ1v) is 4.81. The lowest BCUT2D eigenvalue weighted by Crippen LogP contribution is -2.25. The van der Waals surface area contributed by atoms with Crippen molar-refractivity contribution in [3.8, 4) is 0 Å². The zero-order valence-corrected chi connectivity index (χ0v) is 10.2. The highest BCUT2D eigenvalue weighted by molar-refractivity contribution is 5.85. The molecule has 1 aromatic rings. The number of esters is 1. The highest BCUT2D eigenvalue weighted by Crippen LogP contribution is 2.29. The van der Waals surface area contributed by atoms with Crippen LogP contribution < -0.4 is 5.73 Å². The second kappa shape index (κ2) is 6.55. The van der Waals surface area contributed by atoms with E-state index >= 15 is 0 Å². The highest BCUT2D eigenvalue weighted by atomic mass is 35.5. The quantitative estimate of drug-likeness (QED) is 0.863. The third kappa shape index (κ3) is 4.15. The van der Waals surface area contributed by atoms with Gasteiger partial charge in [0, 0.05) is 6.20 Å². The lowest BCUT2D eigenvalue weighted by molar-refractivity contribution is -0.145. The van der Waals surface area contributed by atoms with Gasteiger partial charge in [0.1, 0.15) is 6.04 Å². The molecule has 1 aromatic heterocycles. The number of pyridine rings is 1. The van der Waals surface area contributed by atoms with Crippen LogP contribution in [0.3, 0.4) is 0 Å². The van der Waals surface area contributed by atoms with Crippen molar-refractivity contribution < 1.29 is 22.7 Å². The number of aromatic nitrogens is 1. The molecule has 0 aliphatic rings. The van der Waals surface area contributed by atoms with Crippen LogP contribution in [0.5, 0.6) is 0 Å². The normalized spacial score (nSPS) is 12.5. The van der Waals surface area contributed by atoms with E-state index in [1.54, 1.807) is 6.92 Å². The van der Waals surface area contributed by atoms with Crippen molar-refractivity contribution in [2.75, 3.05) is 6.61 Å². The van der Waals surface area contributed by atoms with Crippen molar-refractivity contribution >= 4 is 18.4 Å². The van der Waals surface area contributed by atoms with Gasteiger partial charge in [0.25, 0.3) is 0 Å². The van der Waals surface area contributed by atoms with Gasteiger partial charge < -0.3 is 10.5 Å². The molecule has 0 aromatic carbocycles. The molecule has 2 N–H and O–H groups in total. The molecule has 0 saturated carbocycles. The van der Waals surface area contributed by atoms with Crippen molar-refractivity contribution in [2.45, 2.75) is 19.1 Å².